The normalized spacial score (nSPS) is 19.0. The molecule has 1 saturated heterocycles. The molecule has 0 aliphatic carbocycles. The molecule has 0 amide bonds. The first-order chi connectivity index (χ1) is 16.8. The zero-order chi connectivity index (χ0) is 25.0. The number of benzene rings is 2. The summed E-state index contributed by atoms with van der Waals surface area (Å²) in [6.45, 7) is 1.55. The van der Waals surface area contributed by atoms with E-state index in [-0.39, 0.29) is 30.1 Å². The standard InChI is InChI=1S/C22H25BF4N6O2/c1-23(34)32-11-5-8-18(20(32)15-6-3-2-4-7-15)28-13-16-12-17(9-10-19(16)35-14-24)33-21(22(25,26)27)29-30-31-33/h2-4,6-7,9-10,12,18,20,28,34H,5,8,11,13-14H2,1H3/i24-1. The van der Waals surface area contributed by atoms with Crippen LogP contribution in [0.3, 0.4) is 0 Å². The predicted molar refractivity (Wildman–Crippen MR) is 120 cm³/mol. The monoisotopic (exact) mass is 491 g/mol. The lowest BCUT2D eigenvalue weighted by molar-refractivity contribution is -0.146. The van der Waals surface area contributed by atoms with Gasteiger partial charge in [-0.3, -0.25) is 0 Å². The molecule has 8 nitrogen and oxygen atoms in total. The minimum Gasteiger partial charge on any atom is -0.463 e. The van der Waals surface area contributed by atoms with Gasteiger partial charge >= 0.3 is 13.2 Å². The van der Waals surface area contributed by atoms with Gasteiger partial charge in [-0.15, -0.1) is 5.10 Å². The largest absolute Gasteiger partial charge is 0.463 e. The molecular formula is C22H25BF4N6O2. The van der Waals surface area contributed by atoms with Crippen molar-refractivity contribution in [3.63, 3.8) is 0 Å². The highest BCUT2D eigenvalue weighted by Gasteiger charge is 2.39. The van der Waals surface area contributed by atoms with Crippen LogP contribution in [-0.2, 0) is 12.7 Å². The Morgan fingerprint density at radius 2 is 1.97 bits per heavy atom. The zero-order valence-corrected chi connectivity index (χ0v) is 19.0. The van der Waals surface area contributed by atoms with Gasteiger partial charge in [0.15, 0.2) is 0 Å². The molecular weight excluding hydrogens is 466 g/mol. The van der Waals surface area contributed by atoms with Crippen LogP contribution in [0.15, 0.2) is 48.5 Å². The van der Waals surface area contributed by atoms with E-state index in [4.69, 9.17) is 4.74 Å². The van der Waals surface area contributed by atoms with Crippen LogP contribution in [0.4, 0.5) is 17.6 Å². The van der Waals surface area contributed by atoms with E-state index >= 15 is 0 Å². The molecule has 2 atom stereocenters. The summed E-state index contributed by atoms with van der Waals surface area (Å²) in [5.41, 5.74) is 1.55. The van der Waals surface area contributed by atoms with Crippen molar-refractivity contribution in [2.24, 2.45) is 0 Å². The van der Waals surface area contributed by atoms with Crippen molar-refractivity contribution in [3.05, 3.63) is 65.5 Å². The third-order valence-electron chi connectivity index (χ3n) is 6.07. The number of tetrazole rings is 1. The quantitative estimate of drug-likeness (QED) is 0.369. The Balaban J connectivity index is 1.62. The summed E-state index contributed by atoms with van der Waals surface area (Å²) in [6.07, 6.45) is -3.09. The van der Waals surface area contributed by atoms with Crippen molar-refractivity contribution >= 4 is 7.05 Å². The first-order valence-corrected chi connectivity index (χ1v) is 11.2. The summed E-state index contributed by atoms with van der Waals surface area (Å²) >= 11 is 0. The van der Waals surface area contributed by atoms with Gasteiger partial charge in [0.05, 0.1) is 5.69 Å². The van der Waals surface area contributed by atoms with Gasteiger partial charge in [-0.2, -0.15) is 17.9 Å². The van der Waals surface area contributed by atoms with E-state index in [2.05, 4.69) is 20.8 Å². The molecule has 1 aliphatic heterocycles. The summed E-state index contributed by atoms with van der Waals surface area (Å²) < 4.78 is 58.5. The van der Waals surface area contributed by atoms with E-state index in [0.717, 1.165) is 24.9 Å². The molecule has 2 aromatic carbocycles. The lowest BCUT2D eigenvalue weighted by Crippen LogP contribution is -2.52. The molecule has 0 bridgehead atoms. The van der Waals surface area contributed by atoms with Gasteiger partial charge in [0.2, 0.25) is 6.86 Å². The Hall–Kier alpha value is -3.03. The second-order valence-corrected chi connectivity index (χ2v) is 8.31. The van der Waals surface area contributed by atoms with Gasteiger partial charge in [0.25, 0.3) is 5.82 Å². The number of rotatable bonds is 8. The second kappa shape index (κ2) is 10.7. The van der Waals surface area contributed by atoms with Gasteiger partial charge < -0.3 is 19.9 Å². The van der Waals surface area contributed by atoms with E-state index in [9.17, 15) is 22.6 Å². The molecule has 4 rings (SSSR count). The highest BCUT2D eigenvalue weighted by atomic mass is 19.4. The molecule has 2 heterocycles. The Morgan fingerprint density at radius 3 is 2.66 bits per heavy atom. The van der Waals surface area contributed by atoms with Crippen molar-refractivity contribution in [2.45, 2.75) is 44.5 Å². The van der Waals surface area contributed by atoms with Crippen LogP contribution in [0.1, 0.15) is 35.8 Å². The number of halogens is 4. The van der Waals surface area contributed by atoms with E-state index < -0.39 is 25.9 Å². The number of nitrogens with zero attached hydrogens (tertiary/aromatic N) is 5. The molecule has 1 fully saturated rings. The average Bonchev–Trinajstić information content (AvgIpc) is 3.35. The predicted octanol–water partition coefficient (Wildman–Crippen LogP) is 3.39. The summed E-state index contributed by atoms with van der Waals surface area (Å²) in [5.74, 6) is -1.07. The molecule has 2 unspecified atom stereocenters. The van der Waals surface area contributed by atoms with Gasteiger partial charge in [0, 0.05) is 24.2 Å². The summed E-state index contributed by atoms with van der Waals surface area (Å²) in [5, 5.41) is 23.5. The van der Waals surface area contributed by atoms with Crippen molar-refractivity contribution in [1.82, 2.24) is 30.3 Å². The van der Waals surface area contributed by atoms with Gasteiger partial charge in [-0.25, -0.2) is 4.39 Å². The molecule has 3 aromatic rings. The maximum Gasteiger partial charge on any atom is 0.453 e. The van der Waals surface area contributed by atoms with Crippen LogP contribution in [0.25, 0.3) is 5.69 Å². The molecule has 0 spiro atoms. The molecule has 1 aliphatic rings. The van der Waals surface area contributed by atoms with Gasteiger partial charge in [-0.1, -0.05) is 30.3 Å². The number of alkyl halides is 4. The van der Waals surface area contributed by atoms with E-state index in [1.54, 1.807) is 6.82 Å². The Bertz CT molecular complexity index is 1110. The molecule has 0 radical (unpaired) electrons. The SMILES string of the molecule is CB(O)N1CCCC(NCc2cc(-n3nnnc3C(F)(F)F)ccc2OC[18F])C1c1ccccc1. The van der Waals surface area contributed by atoms with Crippen LogP contribution in [0, 0.1) is 0 Å². The van der Waals surface area contributed by atoms with Crippen molar-refractivity contribution in [3.8, 4) is 11.4 Å². The third-order valence-corrected chi connectivity index (χ3v) is 6.07. The minimum atomic E-state index is -4.74. The fraction of sp³-hybridized carbons (Fsp3) is 0.409. The molecule has 1 aromatic heterocycles. The smallest absolute Gasteiger partial charge is 0.453 e. The van der Waals surface area contributed by atoms with E-state index in [1.165, 1.54) is 18.2 Å². The van der Waals surface area contributed by atoms with Crippen molar-refractivity contribution < 1.29 is 27.3 Å². The lowest BCUT2D eigenvalue weighted by atomic mass is 9.76. The Labute approximate surface area is 200 Å². The number of piperidine rings is 1. The van der Waals surface area contributed by atoms with Crippen LogP contribution in [0.2, 0.25) is 6.82 Å². The van der Waals surface area contributed by atoms with Gasteiger partial charge in [-0.05, 0) is 60.4 Å². The molecule has 2 N–H and O–H groups in total. The number of hydrogen-bond acceptors (Lipinski definition) is 7. The van der Waals surface area contributed by atoms with Crippen LogP contribution < -0.4 is 10.1 Å². The van der Waals surface area contributed by atoms with Gasteiger partial charge in [0.1, 0.15) is 5.75 Å². The van der Waals surface area contributed by atoms with Crippen molar-refractivity contribution in [2.75, 3.05) is 13.4 Å². The maximum atomic E-state index is 13.3. The summed E-state index contributed by atoms with van der Waals surface area (Å²) in [7, 11) is -0.667. The second-order valence-electron chi connectivity index (χ2n) is 8.31. The number of aromatic nitrogens is 4. The number of nitrogens with one attached hydrogen (secondary N) is 1. The van der Waals surface area contributed by atoms with Crippen LogP contribution in [-0.4, -0.2) is 56.5 Å². The molecule has 13 heteroatoms. The highest BCUT2D eigenvalue weighted by molar-refractivity contribution is 6.45. The Kier molecular flexibility index (Phi) is 7.67. The zero-order valence-electron chi connectivity index (χ0n) is 19.0. The highest BCUT2D eigenvalue weighted by Crippen LogP contribution is 2.33. The number of hydrogen-bond donors (Lipinski definition) is 2. The minimum absolute atomic E-state index is 0.0687. The first-order valence-electron chi connectivity index (χ1n) is 11.2. The first kappa shape index (κ1) is 25.1. The van der Waals surface area contributed by atoms with Crippen LogP contribution in [0.5, 0.6) is 5.75 Å². The Morgan fingerprint density at radius 1 is 1.20 bits per heavy atom. The topological polar surface area (TPSA) is 88.3 Å². The third kappa shape index (κ3) is 5.63. The molecule has 35 heavy (non-hydrogen) atoms. The van der Waals surface area contributed by atoms with E-state index in [0.29, 0.717) is 10.2 Å². The molecule has 0 saturated carbocycles. The fourth-order valence-electron chi connectivity index (χ4n) is 4.54. The summed E-state index contributed by atoms with van der Waals surface area (Å²) in [4.78, 5) is 2.00. The van der Waals surface area contributed by atoms with E-state index in [1.807, 2.05) is 35.1 Å². The van der Waals surface area contributed by atoms with Crippen LogP contribution >= 0.6 is 0 Å². The maximum absolute atomic E-state index is 13.3. The lowest BCUT2D eigenvalue weighted by Gasteiger charge is -2.43. The molecule has 186 valence electrons. The number of ether oxygens (including phenoxy) is 1. The summed E-state index contributed by atoms with van der Waals surface area (Å²) in [6, 6.07) is 13.7. The fourth-order valence-corrected chi connectivity index (χ4v) is 4.54. The van der Waals surface area contributed by atoms with Crippen molar-refractivity contribution in [1.29, 1.82) is 0 Å². The average molecular weight is 491 g/mol.